The molecule has 6 nitrogen and oxygen atoms in total. The average Bonchev–Trinajstić information content (AvgIpc) is 3.03. The molecule has 6 heteroatoms. The Bertz CT molecular complexity index is 802. The maximum atomic E-state index is 12.6. The first-order valence-corrected chi connectivity index (χ1v) is 9.59. The minimum Gasteiger partial charge on any atom is -0.450 e. The molecular formula is C21H27NO5. The van der Waals surface area contributed by atoms with Crippen LogP contribution in [0.2, 0.25) is 0 Å². The fraction of sp³-hybridized carbons (Fsp3) is 0.524. The molecule has 2 aromatic rings. The lowest BCUT2D eigenvalue weighted by Gasteiger charge is -2.38. The molecule has 1 aliphatic rings. The number of amides is 1. The van der Waals surface area contributed by atoms with Crippen LogP contribution in [0.1, 0.15) is 56.2 Å². The number of fused-ring (bicyclic) bond motifs is 1. The maximum absolute atomic E-state index is 12.6. The minimum atomic E-state index is -0.633. The van der Waals surface area contributed by atoms with Gasteiger partial charge in [-0.2, -0.15) is 0 Å². The van der Waals surface area contributed by atoms with Crippen LogP contribution in [-0.2, 0) is 20.9 Å². The number of carbonyl (C=O) groups is 2. The number of piperidine rings is 1. The van der Waals surface area contributed by atoms with Gasteiger partial charge in [0.2, 0.25) is 5.76 Å². The van der Waals surface area contributed by atoms with E-state index in [4.69, 9.17) is 13.9 Å². The lowest BCUT2D eigenvalue weighted by molar-refractivity contribution is -0.140. The van der Waals surface area contributed by atoms with Crippen LogP contribution in [0.15, 0.2) is 28.7 Å². The molecule has 27 heavy (non-hydrogen) atoms. The number of benzene rings is 1. The Kier molecular flexibility index (Phi) is 6.16. The fourth-order valence-electron chi connectivity index (χ4n) is 3.79. The Morgan fingerprint density at radius 3 is 2.59 bits per heavy atom. The summed E-state index contributed by atoms with van der Waals surface area (Å²) in [4.78, 5) is 27.0. The number of furan rings is 1. The fourth-order valence-corrected chi connectivity index (χ4v) is 3.79. The topological polar surface area (TPSA) is 69.0 Å². The van der Waals surface area contributed by atoms with Gasteiger partial charge in [0.25, 0.3) is 5.91 Å². The van der Waals surface area contributed by atoms with Crippen molar-refractivity contribution < 1.29 is 23.5 Å². The molecular weight excluding hydrogens is 346 g/mol. The summed E-state index contributed by atoms with van der Waals surface area (Å²) in [6.07, 6.45) is 3.07. The average molecular weight is 373 g/mol. The summed E-state index contributed by atoms with van der Waals surface area (Å²) in [5, 5.41) is 0.822. The van der Waals surface area contributed by atoms with Gasteiger partial charge < -0.3 is 18.8 Å². The zero-order valence-electron chi connectivity index (χ0n) is 16.2. The van der Waals surface area contributed by atoms with Crippen molar-refractivity contribution >= 4 is 22.8 Å². The van der Waals surface area contributed by atoms with Gasteiger partial charge in [-0.25, -0.2) is 4.79 Å². The number of hydrogen-bond donors (Lipinski definition) is 0. The SMILES string of the molecule is CCOCc1c(C(=O)OCC(=O)N2[C@H](C)CCC[C@@H]2C)oc2ccccc12. The summed E-state index contributed by atoms with van der Waals surface area (Å²) in [5.41, 5.74) is 1.26. The first-order chi connectivity index (χ1) is 13.0. The Morgan fingerprint density at radius 1 is 1.19 bits per heavy atom. The normalized spacial score (nSPS) is 20.0. The number of nitrogens with zero attached hydrogens (tertiary/aromatic N) is 1. The Balaban J connectivity index is 1.73. The Hall–Kier alpha value is -2.34. The van der Waals surface area contributed by atoms with Gasteiger partial charge in [0.05, 0.1) is 6.61 Å². The van der Waals surface area contributed by atoms with Crippen LogP contribution in [0.4, 0.5) is 0 Å². The molecule has 1 saturated heterocycles. The van der Waals surface area contributed by atoms with Gasteiger partial charge in [0, 0.05) is 29.6 Å². The summed E-state index contributed by atoms with van der Waals surface area (Å²) in [5.74, 6) is -0.686. The van der Waals surface area contributed by atoms with Gasteiger partial charge in [-0.3, -0.25) is 4.79 Å². The number of rotatable bonds is 6. The quantitative estimate of drug-likeness (QED) is 0.718. The molecule has 1 aromatic carbocycles. The predicted molar refractivity (Wildman–Crippen MR) is 101 cm³/mol. The molecule has 0 N–H and O–H groups in total. The zero-order chi connectivity index (χ0) is 19.4. The Labute approximate surface area is 159 Å². The first-order valence-electron chi connectivity index (χ1n) is 9.59. The van der Waals surface area contributed by atoms with E-state index in [2.05, 4.69) is 0 Å². The number of para-hydroxylation sites is 1. The van der Waals surface area contributed by atoms with Crippen molar-refractivity contribution in [2.45, 2.75) is 58.7 Å². The number of esters is 1. The third-order valence-electron chi connectivity index (χ3n) is 5.14. The molecule has 2 heterocycles. The van der Waals surface area contributed by atoms with Crippen molar-refractivity contribution in [1.82, 2.24) is 4.90 Å². The molecule has 1 amide bonds. The summed E-state index contributed by atoms with van der Waals surface area (Å²) >= 11 is 0. The van der Waals surface area contributed by atoms with Crippen molar-refractivity contribution in [3.63, 3.8) is 0 Å². The molecule has 1 aliphatic heterocycles. The van der Waals surface area contributed by atoms with E-state index < -0.39 is 5.97 Å². The predicted octanol–water partition coefficient (Wildman–Crippen LogP) is 3.92. The van der Waals surface area contributed by atoms with E-state index in [1.54, 1.807) is 6.07 Å². The standard InChI is InChI=1S/C21H27NO5/c1-4-25-12-17-16-10-5-6-11-18(16)27-20(17)21(24)26-13-19(23)22-14(2)8-7-9-15(22)3/h5-6,10-11,14-15H,4,7-9,12-13H2,1-3H3/t14-,15+. The third kappa shape index (κ3) is 4.16. The van der Waals surface area contributed by atoms with E-state index in [0.717, 1.165) is 24.6 Å². The molecule has 0 spiro atoms. The molecule has 3 rings (SSSR count). The van der Waals surface area contributed by atoms with E-state index in [-0.39, 0.29) is 37.0 Å². The molecule has 1 aromatic heterocycles. The van der Waals surface area contributed by atoms with E-state index >= 15 is 0 Å². The largest absolute Gasteiger partial charge is 0.450 e. The van der Waals surface area contributed by atoms with Crippen LogP contribution in [-0.4, -0.2) is 42.1 Å². The Morgan fingerprint density at radius 2 is 1.89 bits per heavy atom. The molecule has 2 atom stereocenters. The second-order valence-corrected chi connectivity index (χ2v) is 7.05. The number of ether oxygens (including phenoxy) is 2. The van der Waals surface area contributed by atoms with E-state index in [1.165, 1.54) is 0 Å². The monoisotopic (exact) mass is 373 g/mol. The highest BCUT2D eigenvalue weighted by atomic mass is 16.5. The van der Waals surface area contributed by atoms with Gasteiger partial charge in [0.1, 0.15) is 5.58 Å². The van der Waals surface area contributed by atoms with Crippen LogP contribution >= 0.6 is 0 Å². The van der Waals surface area contributed by atoms with Crippen LogP contribution < -0.4 is 0 Å². The molecule has 146 valence electrons. The molecule has 1 fully saturated rings. The lowest BCUT2D eigenvalue weighted by atomic mass is 9.97. The molecule has 0 aliphatic carbocycles. The van der Waals surface area contributed by atoms with Crippen molar-refractivity contribution in [3.8, 4) is 0 Å². The lowest BCUT2D eigenvalue weighted by Crippen LogP contribution is -2.49. The third-order valence-corrected chi connectivity index (χ3v) is 5.14. The smallest absolute Gasteiger partial charge is 0.375 e. The highest BCUT2D eigenvalue weighted by molar-refractivity contribution is 5.96. The van der Waals surface area contributed by atoms with Crippen molar-refractivity contribution in [3.05, 3.63) is 35.6 Å². The molecule has 0 radical (unpaired) electrons. The van der Waals surface area contributed by atoms with Crippen LogP contribution in [0.5, 0.6) is 0 Å². The highest BCUT2D eigenvalue weighted by Crippen LogP contribution is 2.27. The van der Waals surface area contributed by atoms with Gasteiger partial charge >= 0.3 is 5.97 Å². The zero-order valence-corrected chi connectivity index (χ0v) is 16.2. The maximum Gasteiger partial charge on any atom is 0.375 e. The van der Waals surface area contributed by atoms with Crippen LogP contribution in [0.25, 0.3) is 11.0 Å². The van der Waals surface area contributed by atoms with Crippen molar-refractivity contribution in [1.29, 1.82) is 0 Å². The summed E-state index contributed by atoms with van der Waals surface area (Å²) < 4.78 is 16.5. The van der Waals surface area contributed by atoms with E-state index in [9.17, 15) is 9.59 Å². The number of hydrogen-bond acceptors (Lipinski definition) is 5. The molecule has 0 saturated carbocycles. The van der Waals surface area contributed by atoms with Gasteiger partial charge in [-0.05, 0) is 46.1 Å². The summed E-state index contributed by atoms with van der Waals surface area (Å²) in [6, 6.07) is 7.73. The van der Waals surface area contributed by atoms with Crippen LogP contribution in [0, 0.1) is 0 Å². The van der Waals surface area contributed by atoms with Gasteiger partial charge in [0.15, 0.2) is 6.61 Å². The molecule has 0 bridgehead atoms. The minimum absolute atomic E-state index is 0.109. The van der Waals surface area contributed by atoms with Gasteiger partial charge in [-0.1, -0.05) is 18.2 Å². The summed E-state index contributed by atoms with van der Waals surface area (Å²) in [7, 11) is 0. The second-order valence-electron chi connectivity index (χ2n) is 7.05. The van der Waals surface area contributed by atoms with E-state index in [1.807, 2.05) is 43.9 Å². The van der Waals surface area contributed by atoms with Gasteiger partial charge in [-0.15, -0.1) is 0 Å². The molecule has 0 unspecified atom stereocenters. The van der Waals surface area contributed by atoms with Crippen LogP contribution in [0.3, 0.4) is 0 Å². The number of carbonyl (C=O) groups excluding carboxylic acids is 2. The highest BCUT2D eigenvalue weighted by Gasteiger charge is 2.30. The van der Waals surface area contributed by atoms with Crippen molar-refractivity contribution in [2.75, 3.05) is 13.2 Å². The van der Waals surface area contributed by atoms with Crippen molar-refractivity contribution in [2.24, 2.45) is 0 Å². The summed E-state index contributed by atoms with van der Waals surface area (Å²) in [6.45, 7) is 6.46. The first kappa shape index (κ1) is 19.4. The number of likely N-dealkylation sites (tertiary alicyclic amines) is 1. The van der Waals surface area contributed by atoms with E-state index in [0.29, 0.717) is 17.8 Å². The second kappa shape index (κ2) is 8.57.